The van der Waals surface area contributed by atoms with Crippen LogP contribution in [0.3, 0.4) is 0 Å². The Labute approximate surface area is 144 Å². The average Bonchev–Trinajstić information content (AvgIpc) is 2.99. The van der Waals surface area contributed by atoms with Crippen LogP contribution in [-0.2, 0) is 4.79 Å². The number of carbonyl (C=O) groups excluding carboxylic acids is 1. The Morgan fingerprint density at radius 2 is 2.12 bits per heavy atom. The zero-order valence-electron chi connectivity index (χ0n) is 14.3. The number of aromatic hydroxyl groups is 1. The number of phenolic OH excluding ortho intramolecular Hbond substituents is 1. The topological polar surface area (TPSA) is 102 Å². The zero-order chi connectivity index (χ0) is 17.8. The van der Waals surface area contributed by atoms with Gasteiger partial charge in [-0.25, -0.2) is 9.67 Å². The number of Topliss-reactive ketones (excluding diaryl/α,β-unsaturated/α-hetero) is 1. The number of rotatable bonds is 2. The Bertz CT molecular complexity index is 886. The van der Waals surface area contributed by atoms with Gasteiger partial charge >= 0.3 is 0 Å². The molecule has 1 N–H and O–H groups in total. The van der Waals surface area contributed by atoms with Gasteiger partial charge in [-0.3, -0.25) is 4.79 Å². The van der Waals surface area contributed by atoms with Crippen molar-refractivity contribution < 1.29 is 14.6 Å². The highest BCUT2D eigenvalue weighted by atomic mass is 16.5. The van der Waals surface area contributed by atoms with Gasteiger partial charge in [-0.2, -0.15) is 0 Å². The van der Waals surface area contributed by atoms with E-state index in [0.717, 1.165) is 17.7 Å². The molecule has 0 saturated heterocycles. The lowest BCUT2D eigenvalue weighted by molar-refractivity contribution is -0.124. The molecule has 0 amide bonds. The van der Waals surface area contributed by atoms with E-state index in [1.165, 1.54) is 7.11 Å². The third-order valence-electron chi connectivity index (χ3n) is 4.86. The fourth-order valence-electron chi connectivity index (χ4n) is 3.83. The van der Waals surface area contributed by atoms with Gasteiger partial charge in [0, 0.05) is 12.1 Å². The molecule has 2 aliphatic rings. The van der Waals surface area contributed by atoms with Crippen LogP contribution in [0.2, 0.25) is 0 Å². The molecule has 1 aromatic heterocycles. The highest BCUT2D eigenvalue weighted by Crippen LogP contribution is 2.45. The molecule has 8 heteroatoms. The van der Waals surface area contributed by atoms with Crippen molar-refractivity contribution in [1.29, 1.82) is 0 Å². The predicted molar refractivity (Wildman–Crippen MR) is 89.2 cm³/mol. The largest absolute Gasteiger partial charge is 0.504 e. The zero-order valence-corrected chi connectivity index (χ0v) is 14.3. The maximum atomic E-state index is 12.9. The molecular formula is C17H19N5O3. The van der Waals surface area contributed by atoms with Crippen LogP contribution in [0, 0.1) is 11.3 Å². The second-order valence-corrected chi connectivity index (χ2v) is 7.36. The van der Waals surface area contributed by atoms with Gasteiger partial charge in [0.2, 0.25) is 0 Å². The number of fused-ring (bicyclic) bond motifs is 2. The van der Waals surface area contributed by atoms with E-state index in [0.29, 0.717) is 18.1 Å². The lowest BCUT2D eigenvalue weighted by atomic mass is 9.67. The van der Waals surface area contributed by atoms with E-state index in [1.807, 2.05) is 6.07 Å². The van der Waals surface area contributed by atoms with Crippen LogP contribution >= 0.6 is 0 Å². The molecule has 0 spiro atoms. The highest BCUT2D eigenvalue weighted by molar-refractivity contribution is 6.09. The summed E-state index contributed by atoms with van der Waals surface area (Å²) in [4.78, 5) is 17.5. The van der Waals surface area contributed by atoms with E-state index >= 15 is 0 Å². The van der Waals surface area contributed by atoms with E-state index in [9.17, 15) is 9.90 Å². The van der Waals surface area contributed by atoms with E-state index in [4.69, 9.17) is 4.74 Å². The first-order chi connectivity index (χ1) is 11.9. The van der Waals surface area contributed by atoms with Crippen molar-refractivity contribution in [3.63, 3.8) is 0 Å². The predicted octanol–water partition coefficient (Wildman–Crippen LogP) is 2.07. The number of aromatic nitrogens is 4. The van der Waals surface area contributed by atoms with Crippen molar-refractivity contribution in [2.45, 2.75) is 32.7 Å². The van der Waals surface area contributed by atoms with Gasteiger partial charge in [-0.1, -0.05) is 25.0 Å². The minimum absolute atomic E-state index is 0.0160. The first-order valence-electron chi connectivity index (χ1n) is 8.14. The molecule has 2 aromatic rings. The van der Waals surface area contributed by atoms with E-state index < -0.39 is 12.0 Å². The van der Waals surface area contributed by atoms with Crippen LogP contribution < -0.4 is 4.74 Å². The Morgan fingerprint density at radius 3 is 2.84 bits per heavy atom. The average molecular weight is 341 g/mol. The number of ether oxygens (including phenoxy) is 1. The highest BCUT2D eigenvalue weighted by Gasteiger charge is 2.46. The van der Waals surface area contributed by atoms with Crippen molar-refractivity contribution in [2.75, 3.05) is 7.11 Å². The van der Waals surface area contributed by atoms with Crippen LogP contribution in [0.1, 0.15) is 38.3 Å². The van der Waals surface area contributed by atoms with Gasteiger partial charge in [0.1, 0.15) is 5.78 Å². The number of ketones is 1. The molecule has 25 heavy (non-hydrogen) atoms. The fourth-order valence-corrected chi connectivity index (χ4v) is 3.83. The van der Waals surface area contributed by atoms with Gasteiger partial charge in [0.25, 0.3) is 5.95 Å². The van der Waals surface area contributed by atoms with Gasteiger partial charge in [-0.05, 0) is 40.0 Å². The van der Waals surface area contributed by atoms with Crippen LogP contribution in [0.4, 0.5) is 5.95 Å². The fraction of sp³-hybridized carbons (Fsp3) is 0.471. The monoisotopic (exact) mass is 341 g/mol. The second-order valence-electron chi connectivity index (χ2n) is 7.36. The van der Waals surface area contributed by atoms with Crippen molar-refractivity contribution in [1.82, 2.24) is 20.2 Å². The first kappa shape index (κ1) is 15.7. The van der Waals surface area contributed by atoms with Crippen LogP contribution in [0.25, 0.3) is 0 Å². The molecule has 130 valence electrons. The Hall–Kier alpha value is -2.77. The van der Waals surface area contributed by atoms with Gasteiger partial charge in [0.05, 0.1) is 19.1 Å². The number of benzene rings is 1. The number of methoxy groups -OCH3 is 1. The maximum absolute atomic E-state index is 12.9. The summed E-state index contributed by atoms with van der Waals surface area (Å²) < 4.78 is 6.67. The Balaban J connectivity index is 1.85. The smallest absolute Gasteiger partial charge is 0.269 e. The third-order valence-corrected chi connectivity index (χ3v) is 4.86. The quantitative estimate of drug-likeness (QED) is 0.897. The summed E-state index contributed by atoms with van der Waals surface area (Å²) in [6, 6.07) is 4.69. The second kappa shape index (κ2) is 5.37. The third kappa shape index (κ3) is 2.48. The number of aliphatic imine (C=N–C) groups is 1. The molecule has 0 radical (unpaired) electrons. The van der Waals surface area contributed by atoms with Gasteiger partial charge in [0.15, 0.2) is 11.5 Å². The Kier molecular flexibility index (Phi) is 3.38. The molecule has 2 unspecified atom stereocenters. The summed E-state index contributed by atoms with van der Waals surface area (Å²) in [7, 11) is 1.49. The Morgan fingerprint density at radius 1 is 1.32 bits per heavy atom. The first-order valence-corrected chi connectivity index (χ1v) is 8.14. The molecule has 1 fully saturated rings. The van der Waals surface area contributed by atoms with Crippen LogP contribution in [-0.4, -0.2) is 43.9 Å². The van der Waals surface area contributed by atoms with Gasteiger partial charge in [-0.15, -0.1) is 0 Å². The molecule has 0 bridgehead atoms. The summed E-state index contributed by atoms with van der Waals surface area (Å²) in [6.45, 7) is 4.13. The molecule has 1 aliphatic heterocycles. The molecule has 1 saturated carbocycles. The summed E-state index contributed by atoms with van der Waals surface area (Å²) in [5.41, 5.74) is 1.43. The standard InChI is InChI=1S/C17H19N5O3/c1-17(2)7-10-14(12(24)8-17)15(22-16(18-10)19-20-21-22)9-4-5-13(25-3)11(23)6-9/h4-6,14-15,23H,7-8H2,1-3H3. The van der Waals surface area contributed by atoms with Crippen LogP contribution in [0.5, 0.6) is 11.5 Å². The van der Waals surface area contributed by atoms with E-state index in [1.54, 1.807) is 16.8 Å². The minimum atomic E-state index is -0.420. The molecule has 4 rings (SSSR count). The van der Waals surface area contributed by atoms with E-state index in [2.05, 4.69) is 34.4 Å². The molecule has 2 atom stereocenters. The summed E-state index contributed by atoms with van der Waals surface area (Å²) in [6.07, 6.45) is 1.20. The number of carbonyl (C=O) groups is 1. The number of tetrazole rings is 1. The molecule has 8 nitrogen and oxygen atoms in total. The number of hydrogen-bond donors (Lipinski definition) is 1. The number of hydrogen-bond acceptors (Lipinski definition) is 7. The maximum Gasteiger partial charge on any atom is 0.269 e. The molecule has 1 aromatic carbocycles. The number of nitrogens with zero attached hydrogens (tertiary/aromatic N) is 5. The van der Waals surface area contributed by atoms with Crippen molar-refractivity contribution in [3.05, 3.63) is 23.8 Å². The lowest BCUT2D eigenvalue weighted by Gasteiger charge is -2.39. The van der Waals surface area contributed by atoms with Crippen LogP contribution in [0.15, 0.2) is 23.2 Å². The number of phenols is 1. The van der Waals surface area contributed by atoms with Crippen molar-refractivity contribution >= 4 is 17.4 Å². The van der Waals surface area contributed by atoms with Crippen molar-refractivity contribution in [2.24, 2.45) is 16.3 Å². The summed E-state index contributed by atoms with van der Waals surface area (Å²) in [5.74, 6) is 0.481. The lowest BCUT2D eigenvalue weighted by Crippen LogP contribution is -2.44. The van der Waals surface area contributed by atoms with Crippen molar-refractivity contribution in [3.8, 4) is 11.5 Å². The molecule has 2 heterocycles. The summed E-state index contributed by atoms with van der Waals surface area (Å²) in [5, 5.41) is 21.9. The normalized spacial score (nSPS) is 24.3. The minimum Gasteiger partial charge on any atom is -0.504 e. The van der Waals surface area contributed by atoms with Gasteiger partial charge < -0.3 is 9.84 Å². The molecular weight excluding hydrogens is 322 g/mol. The van der Waals surface area contributed by atoms with E-state index in [-0.39, 0.29) is 16.9 Å². The SMILES string of the molecule is COc1ccc(C2C3C(=O)CC(C)(C)CC3=Nc3nnnn32)cc1O. The summed E-state index contributed by atoms with van der Waals surface area (Å²) >= 11 is 0. The molecule has 1 aliphatic carbocycles.